The predicted molar refractivity (Wildman–Crippen MR) is 201 cm³/mol. The molecule has 10 rings (SSSR count). The molecule has 0 aliphatic carbocycles. The van der Waals surface area contributed by atoms with Gasteiger partial charge in [-0.2, -0.15) is 0 Å². The van der Waals surface area contributed by atoms with Crippen LogP contribution >= 0.6 is 23.5 Å². The normalized spacial score (nSPS) is 13.4. The van der Waals surface area contributed by atoms with Gasteiger partial charge in [-0.25, -0.2) is 0 Å². The molecule has 0 saturated carbocycles. The smallest absolute Gasteiger partial charge is 0.253 e. The molecule has 0 N–H and O–H groups in total. The highest BCUT2D eigenvalue weighted by molar-refractivity contribution is 8.00. The third kappa shape index (κ3) is 4.30. The van der Waals surface area contributed by atoms with Crippen LogP contribution in [0.4, 0.5) is 0 Å². The summed E-state index contributed by atoms with van der Waals surface area (Å²) >= 11 is 3.72. The lowest BCUT2D eigenvalue weighted by Crippen LogP contribution is -2.61. The van der Waals surface area contributed by atoms with Gasteiger partial charge in [0.25, 0.3) is 6.71 Å². The van der Waals surface area contributed by atoms with Crippen molar-refractivity contribution in [1.82, 2.24) is 0 Å². The van der Waals surface area contributed by atoms with E-state index >= 15 is 0 Å². The molecule has 0 aromatic heterocycles. The van der Waals surface area contributed by atoms with Gasteiger partial charge >= 0.3 is 0 Å². The van der Waals surface area contributed by atoms with Crippen molar-refractivity contribution in [3.8, 4) is 33.8 Å². The molecule has 0 saturated heterocycles. The van der Waals surface area contributed by atoms with Crippen molar-refractivity contribution in [2.45, 2.75) is 19.6 Å². The molecule has 3 aliphatic rings. The van der Waals surface area contributed by atoms with E-state index < -0.39 is 0 Å². The number of hydrogen-bond donors (Lipinski definition) is 0. The molecule has 0 radical (unpaired) electrons. The second kappa shape index (κ2) is 10.9. The van der Waals surface area contributed by atoms with Gasteiger partial charge in [0, 0.05) is 19.6 Å². The molecule has 7 aromatic rings. The highest BCUT2D eigenvalue weighted by atomic mass is 32.2. The van der Waals surface area contributed by atoms with E-state index in [-0.39, 0.29) is 13.4 Å². The summed E-state index contributed by atoms with van der Waals surface area (Å²) < 4.78 is 6.79. The van der Waals surface area contributed by atoms with Crippen molar-refractivity contribution in [2.75, 3.05) is 0 Å². The third-order valence-corrected chi connectivity index (χ3v) is 12.1. The largest absolute Gasteiger partial charge is 0.458 e. The van der Waals surface area contributed by atoms with Crippen LogP contribution < -0.4 is 37.5 Å². The lowest BCUT2D eigenvalue weighted by molar-refractivity contribution is 0.485. The zero-order valence-electron chi connectivity index (χ0n) is 25.4. The maximum Gasteiger partial charge on any atom is 0.253 e. The monoisotopic (exact) mass is 632 g/mol. The zero-order chi connectivity index (χ0) is 30.9. The van der Waals surface area contributed by atoms with Crippen LogP contribution in [-0.2, 0) is 0 Å². The van der Waals surface area contributed by atoms with Crippen molar-refractivity contribution in [3.05, 3.63) is 158 Å². The molecule has 0 bridgehead atoms. The van der Waals surface area contributed by atoms with Crippen LogP contribution in [0.3, 0.4) is 0 Å². The van der Waals surface area contributed by atoms with Crippen molar-refractivity contribution in [1.29, 1.82) is 0 Å². The molecule has 218 valence electrons. The minimum absolute atomic E-state index is 0.0317. The van der Waals surface area contributed by atoms with Gasteiger partial charge in [-0.05, 0) is 63.5 Å². The molecular formula is C42H26B2OS2. The van der Waals surface area contributed by atoms with Gasteiger partial charge in [0.1, 0.15) is 11.5 Å². The molecule has 0 amide bonds. The summed E-state index contributed by atoms with van der Waals surface area (Å²) in [5.41, 5.74) is 12.9. The molecule has 0 unspecified atom stereocenters. The molecular weight excluding hydrogens is 606 g/mol. The second-order valence-electron chi connectivity index (χ2n) is 12.3. The molecule has 0 atom stereocenters. The fraction of sp³-hybridized carbons (Fsp3) is 0. The Kier molecular flexibility index (Phi) is 6.31. The minimum Gasteiger partial charge on any atom is -0.458 e. The van der Waals surface area contributed by atoms with Crippen LogP contribution in [0.5, 0.6) is 11.5 Å². The SMILES string of the molecule is c1ccc(-c2cccc(-c3ccccc3)c2B2c3ccccc3Sc3cc4c(cc32)B2c3ccccc3Sc3cccc(c32)O4)cc1. The molecule has 47 heavy (non-hydrogen) atoms. The highest BCUT2D eigenvalue weighted by Gasteiger charge is 2.42. The topological polar surface area (TPSA) is 9.23 Å². The lowest BCUT2D eigenvalue weighted by Gasteiger charge is -2.35. The Balaban J connectivity index is 1.27. The van der Waals surface area contributed by atoms with Gasteiger partial charge in [0.05, 0.1) is 0 Å². The molecule has 1 nitrogen and oxygen atoms in total. The Morgan fingerprint density at radius 1 is 0.362 bits per heavy atom. The number of ether oxygens (including phenoxy) is 1. The van der Waals surface area contributed by atoms with Crippen molar-refractivity contribution in [2.24, 2.45) is 0 Å². The van der Waals surface area contributed by atoms with E-state index in [1.807, 2.05) is 23.5 Å². The van der Waals surface area contributed by atoms with E-state index in [0.717, 1.165) is 11.5 Å². The summed E-state index contributed by atoms with van der Waals surface area (Å²) in [7, 11) is 0. The van der Waals surface area contributed by atoms with Gasteiger partial charge in [-0.3, -0.25) is 0 Å². The fourth-order valence-corrected chi connectivity index (χ4v) is 10.1. The van der Waals surface area contributed by atoms with E-state index in [0.29, 0.717) is 0 Å². The average molecular weight is 632 g/mol. The standard InChI is InChI=1S/C42H26B2OS2/c1-3-13-27(14-4-1)29-17-11-18-30(28-15-5-2-6-16-28)41(29)44-32-20-8-10-23-38(32)47-40-26-36-33(25-34(40)44)43-31-19-7-9-22-37(31)46-39-24-12-21-35(45-36)42(39)43/h1-26H. The van der Waals surface area contributed by atoms with E-state index in [1.54, 1.807) is 0 Å². The molecule has 0 spiro atoms. The quantitative estimate of drug-likeness (QED) is 0.193. The van der Waals surface area contributed by atoms with E-state index in [1.165, 1.54) is 74.6 Å². The number of benzene rings is 7. The van der Waals surface area contributed by atoms with Crippen LogP contribution in [0.25, 0.3) is 22.3 Å². The number of fused-ring (bicyclic) bond motifs is 6. The van der Waals surface area contributed by atoms with Crippen LogP contribution in [-0.4, -0.2) is 13.4 Å². The van der Waals surface area contributed by atoms with Gasteiger partial charge in [0.2, 0.25) is 6.71 Å². The maximum absolute atomic E-state index is 6.79. The van der Waals surface area contributed by atoms with E-state index in [4.69, 9.17) is 4.74 Å². The zero-order valence-corrected chi connectivity index (χ0v) is 27.0. The Morgan fingerprint density at radius 3 is 1.55 bits per heavy atom. The van der Waals surface area contributed by atoms with Crippen molar-refractivity contribution >= 4 is 69.7 Å². The fourth-order valence-electron chi connectivity index (χ4n) is 7.76. The van der Waals surface area contributed by atoms with Crippen molar-refractivity contribution < 1.29 is 4.74 Å². The summed E-state index contributed by atoms with van der Waals surface area (Å²) in [6, 6.07) is 57.8. The number of hydrogen-bond acceptors (Lipinski definition) is 3. The Labute approximate surface area is 284 Å². The summed E-state index contributed by atoms with van der Waals surface area (Å²) in [6.07, 6.45) is 0. The van der Waals surface area contributed by atoms with E-state index in [9.17, 15) is 0 Å². The average Bonchev–Trinajstić information content (AvgIpc) is 3.13. The van der Waals surface area contributed by atoms with Gasteiger partial charge in [-0.1, -0.05) is 173 Å². The molecule has 7 aromatic carbocycles. The van der Waals surface area contributed by atoms with E-state index in [2.05, 4.69) is 158 Å². The van der Waals surface area contributed by atoms with Gasteiger partial charge in [-0.15, -0.1) is 0 Å². The molecule has 3 aliphatic heterocycles. The van der Waals surface area contributed by atoms with Crippen LogP contribution in [0.15, 0.2) is 177 Å². The third-order valence-electron chi connectivity index (χ3n) is 9.76. The first-order valence-corrected chi connectivity index (χ1v) is 17.7. The second-order valence-corrected chi connectivity index (χ2v) is 14.5. The molecule has 5 heteroatoms. The Hall–Kier alpha value is -4.83. The van der Waals surface area contributed by atoms with Gasteiger partial charge < -0.3 is 4.74 Å². The first kappa shape index (κ1) is 27.3. The predicted octanol–water partition coefficient (Wildman–Crippen LogP) is 7.09. The lowest BCUT2D eigenvalue weighted by atomic mass is 9.32. The Bertz CT molecular complexity index is 2300. The first-order valence-electron chi connectivity index (χ1n) is 16.1. The maximum atomic E-state index is 6.79. The van der Waals surface area contributed by atoms with Crippen LogP contribution in [0.2, 0.25) is 0 Å². The highest BCUT2D eigenvalue weighted by Crippen LogP contribution is 2.39. The minimum atomic E-state index is 0.0317. The Morgan fingerprint density at radius 2 is 0.894 bits per heavy atom. The van der Waals surface area contributed by atoms with Crippen molar-refractivity contribution in [3.63, 3.8) is 0 Å². The number of rotatable bonds is 3. The summed E-state index contributed by atoms with van der Waals surface area (Å²) in [6.45, 7) is 0.151. The first-order chi connectivity index (χ1) is 23.3. The molecule has 0 fully saturated rings. The van der Waals surface area contributed by atoms with Crippen LogP contribution in [0.1, 0.15) is 0 Å². The summed E-state index contributed by atoms with van der Waals surface area (Å²) in [4.78, 5) is 5.16. The summed E-state index contributed by atoms with van der Waals surface area (Å²) in [5, 5.41) is 0. The van der Waals surface area contributed by atoms with Crippen LogP contribution in [0, 0.1) is 0 Å². The summed E-state index contributed by atoms with van der Waals surface area (Å²) in [5.74, 6) is 1.94. The van der Waals surface area contributed by atoms with Gasteiger partial charge in [0.15, 0.2) is 0 Å². The molecule has 3 heterocycles.